The predicted octanol–water partition coefficient (Wildman–Crippen LogP) is 1.15. The molecule has 21 heteroatoms. The van der Waals surface area contributed by atoms with Crippen molar-refractivity contribution in [2.24, 2.45) is 11.8 Å². The van der Waals surface area contributed by atoms with E-state index in [2.05, 4.69) is 26.6 Å². The fourth-order valence-corrected chi connectivity index (χ4v) is 8.36. The van der Waals surface area contributed by atoms with E-state index in [4.69, 9.17) is 4.74 Å². The highest BCUT2D eigenvalue weighted by molar-refractivity contribution is 5.99. The SMILES string of the molecule is CCCCCC(=O)N[C@@H](CC(=O)O)C(=O)N[C@@H]1C(=O)N[C@@H](Cc2ccc(O)cc2)C(=O)N[C@H]2CC[C@@H](O)N(C2=O)[C@@H]([C@@H](C)CC)C(=O)N(C)[C@@H](Cc2ccc(O)cc2)C(=O)N[C@@H](C(C)C)C(=O)O[C@H]1C. The van der Waals surface area contributed by atoms with Crippen LogP contribution in [-0.4, -0.2) is 145 Å². The Morgan fingerprint density at radius 3 is 1.96 bits per heavy atom. The number of unbranched alkanes of at least 4 members (excludes halogenated alkanes) is 2. The molecule has 2 saturated heterocycles. The van der Waals surface area contributed by atoms with Gasteiger partial charge in [0.25, 0.3) is 0 Å². The first kappa shape index (κ1) is 55.8. The summed E-state index contributed by atoms with van der Waals surface area (Å²) in [7, 11) is 1.35. The van der Waals surface area contributed by atoms with Crippen LogP contribution >= 0.6 is 0 Å². The molecule has 2 fully saturated rings. The third kappa shape index (κ3) is 15.1. The van der Waals surface area contributed by atoms with Crippen molar-refractivity contribution in [1.82, 2.24) is 36.4 Å². The predicted molar refractivity (Wildman–Crippen MR) is 252 cm³/mol. The first-order chi connectivity index (χ1) is 33.1. The average molecular weight is 980 g/mol. The number of aliphatic hydroxyl groups is 1. The summed E-state index contributed by atoms with van der Waals surface area (Å²) in [5.41, 5.74) is 0.911. The second kappa shape index (κ2) is 25.7. The smallest absolute Gasteiger partial charge is 0.329 e. The zero-order valence-corrected chi connectivity index (χ0v) is 40.8. The number of carbonyl (C=O) groups excluding carboxylic acids is 8. The number of esters is 1. The number of amides is 7. The lowest BCUT2D eigenvalue weighted by Gasteiger charge is -2.44. The molecule has 7 amide bonds. The van der Waals surface area contributed by atoms with Gasteiger partial charge >= 0.3 is 11.9 Å². The van der Waals surface area contributed by atoms with Crippen molar-refractivity contribution < 1.29 is 68.3 Å². The van der Waals surface area contributed by atoms with Crippen LogP contribution in [0, 0.1) is 11.8 Å². The molecular weight excluding hydrogens is 911 g/mol. The molecule has 0 saturated carbocycles. The molecule has 2 aromatic carbocycles. The number of phenolic OH excluding ortho intramolecular Hbond substituents is 2. The van der Waals surface area contributed by atoms with Gasteiger partial charge in [-0.25, -0.2) is 4.79 Å². The number of likely N-dealkylation sites (N-methyl/N-ethyl adjacent to an activating group) is 1. The van der Waals surface area contributed by atoms with Crippen molar-refractivity contribution in [2.75, 3.05) is 7.05 Å². The number of aromatic hydroxyl groups is 2. The van der Waals surface area contributed by atoms with E-state index in [9.17, 15) is 63.6 Å². The van der Waals surface area contributed by atoms with Crippen LogP contribution in [0.1, 0.15) is 104 Å². The van der Waals surface area contributed by atoms with E-state index >= 15 is 0 Å². The van der Waals surface area contributed by atoms with Crippen LogP contribution in [0.4, 0.5) is 0 Å². The monoisotopic (exact) mass is 979 g/mol. The molecule has 10 atom stereocenters. The Hall–Kier alpha value is -6.77. The van der Waals surface area contributed by atoms with Gasteiger partial charge in [0.05, 0.1) is 6.42 Å². The zero-order chi connectivity index (χ0) is 52.0. The molecule has 70 heavy (non-hydrogen) atoms. The summed E-state index contributed by atoms with van der Waals surface area (Å²) in [6, 6.07) is 0.767. The third-order valence-corrected chi connectivity index (χ3v) is 12.7. The molecule has 0 aromatic heterocycles. The maximum absolute atomic E-state index is 14.9. The number of carboxylic acid groups (broad SMARTS) is 1. The maximum atomic E-state index is 14.9. The number of nitrogens with zero attached hydrogens (tertiary/aromatic N) is 2. The summed E-state index contributed by atoms with van der Waals surface area (Å²) in [6.45, 7) is 9.81. The first-order valence-electron chi connectivity index (χ1n) is 23.8. The van der Waals surface area contributed by atoms with Crippen molar-refractivity contribution in [1.29, 1.82) is 0 Å². The number of aliphatic hydroxyl groups excluding tert-OH is 1. The van der Waals surface area contributed by atoms with Gasteiger partial charge in [0.1, 0.15) is 66.1 Å². The Morgan fingerprint density at radius 2 is 1.40 bits per heavy atom. The number of piperidine rings is 1. The standard InChI is InChI=1S/C49H69N7O14/c1-8-10-11-12-37(59)50-35(25-39(61)62)44(64)54-41-28(6)70-49(69)40(26(3)4)53-45(65)36(24-30-15-19-32(58)20-16-30)55(7)48(68)42(27(5)9-2)56-38(60)22-21-33(47(56)67)51-43(63)34(52-46(41)66)23-29-13-17-31(57)18-14-29/h13-20,26-28,33-36,38,40-42,57-58,60H,8-12,21-25H2,1-7H3,(H,50,59)(H,51,63)(H,52,66)(H,53,65)(H,54,64)(H,61,62)/t27-,28-,33-,34-,35-,36-,38+,40-,41-,42-/m0/s1. The molecule has 2 aliphatic heterocycles. The minimum absolute atomic E-state index is 0.0240. The Morgan fingerprint density at radius 1 is 0.800 bits per heavy atom. The molecule has 2 aromatic rings. The molecular formula is C49H69N7O14. The normalized spacial score (nSPS) is 25.0. The van der Waals surface area contributed by atoms with Crippen LogP contribution in [0.2, 0.25) is 0 Å². The van der Waals surface area contributed by atoms with Crippen LogP contribution in [0.15, 0.2) is 48.5 Å². The molecule has 4 rings (SSSR count). The first-order valence-corrected chi connectivity index (χ1v) is 23.8. The highest BCUT2D eigenvalue weighted by Gasteiger charge is 2.47. The summed E-state index contributed by atoms with van der Waals surface area (Å²) in [5.74, 6) is -10.3. The summed E-state index contributed by atoms with van der Waals surface area (Å²) >= 11 is 0. The second-order valence-corrected chi connectivity index (χ2v) is 18.5. The molecule has 21 nitrogen and oxygen atoms in total. The number of cyclic esters (lactones) is 1. The second-order valence-electron chi connectivity index (χ2n) is 18.5. The minimum Gasteiger partial charge on any atom is -0.508 e. The number of hydrogen-bond donors (Lipinski definition) is 9. The number of phenols is 2. The Kier molecular flexibility index (Phi) is 20.5. The van der Waals surface area contributed by atoms with Gasteiger partial charge in [0.15, 0.2) is 0 Å². The van der Waals surface area contributed by atoms with Gasteiger partial charge in [-0.1, -0.05) is 78.1 Å². The lowest BCUT2D eigenvalue weighted by atomic mass is 9.91. The molecule has 0 spiro atoms. The van der Waals surface area contributed by atoms with Gasteiger partial charge in [0.2, 0.25) is 41.4 Å². The number of benzene rings is 2. The van der Waals surface area contributed by atoms with Gasteiger partial charge in [-0.15, -0.1) is 0 Å². The van der Waals surface area contributed by atoms with Gasteiger partial charge in [-0.05, 0) is 73.4 Å². The van der Waals surface area contributed by atoms with E-state index in [1.54, 1.807) is 27.7 Å². The minimum atomic E-state index is -1.89. The number of rotatable bonds is 16. The van der Waals surface area contributed by atoms with Gasteiger partial charge in [-0.3, -0.25) is 38.4 Å². The number of aliphatic carboxylic acids is 1. The van der Waals surface area contributed by atoms with Crippen molar-refractivity contribution in [3.8, 4) is 11.5 Å². The van der Waals surface area contributed by atoms with Crippen LogP contribution < -0.4 is 26.6 Å². The Bertz CT molecular complexity index is 2190. The van der Waals surface area contributed by atoms with E-state index in [0.717, 1.165) is 16.2 Å². The summed E-state index contributed by atoms with van der Waals surface area (Å²) in [5, 5.41) is 54.0. The molecule has 2 bridgehead atoms. The summed E-state index contributed by atoms with van der Waals surface area (Å²) < 4.78 is 5.83. The number of carbonyl (C=O) groups is 9. The maximum Gasteiger partial charge on any atom is 0.329 e. The molecule has 0 aliphatic carbocycles. The molecule has 0 radical (unpaired) electrons. The van der Waals surface area contributed by atoms with Crippen LogP contribution in [0.25, 0.3) is 0 Å². The highest BCUT2D eigenvalue weighted by Crippen LogP contribution is 2.28. The van der Waals surface area contributed by atoms with E-state index in [-0.39, 0.29) is 43.6 Å². The average Bonchev–Trinajstić information content (AvgIpc) is 3.30. The molecule has 2 aliphatic rings. The van der Waals surface area contributed by atoms with E-state index in [0.29, 0.717) is 30.4 Å². The van der Waals surface area contributed by atoms with Gasteiger partial charge in [-0.2, -0.15) is 0 Å². The van der Waals surface area contributed by atoms with Crippen molar-refractivity contribution in [2.45, 2.75) is 160 Å². The highest BCUT2D eigenvalue weighted by atomic mass is 16.5. The lowest BCUT2D eigenvalue weighted by molar-refractivity contribution is -0.168. The largest absolute Gasteiger partial charge is 0.508 e. The topological polar surface area (TPSA) is 310 Å². The summed E-state index contributed by atoms with van der Waals surface area (Å²) in [6.07, 6.45) is -2.42. The molecule has 0 unspecified atom stereocenters. The zero-order valence-electron chi connectivity index (χ0n) is 40.8. The van der Waals surface area contributed by atoms with Crippen LogP contribution in [0.5, 0.6) is 11.5 Å². The van der Waals surface area contributed by atoms with Gasteiger partial charge in [0, 0.05) is 26.3 Å². The summed E-state index contributed by atoms with van der Waals surface area (Å²) in [4.78, 5) is 128. The van der Waals surface area contributed by atoms with E-state index in [1.807, 2.05) is 6.92 Å². The number of nitrogens with one attached hydrogen (secondary N) is 5. The van der Waals surface area contributed by atoms with E-state index in [1.165, 1.54) is 62.5 Å². The van der Waals surface area contributed by atoms with Crippen molar-refractivity contribution in [3.63, 3.8) is 0 Å². The fourth-order valence-electron chi connectivity index (χ4n) is 8.36. The molecule has 9 N–H and O–H groups in total. The molecule has 2 heterocycles. The quantitative estimate of drug-likeness (QED) is 0.0843. The third-order valence-electron chi connectivity index (χ3n) is 12.7. The van der Waals surface area contributed by atoms with Crippen molar-refractivity contribution >= 4 is 53.3 Å². The van der Waals surface area contributed by atoms with E-state index < -0.39 is 126 Å². The fraction of sp³-hybridized carbons (Fsp3) is 0.571. The lowest BCUT2D eigenvalue weighted by Crippen LogP contribution is -2.66. The molecule has 384 valence electrons. The Labute approximate surface area is 407 Å². The number of carboxylic acids is 1. The van der Waals surface area contributed by atoms with Crippen LogP contribution in [0.3, 0.4) is 0 Å². The Balaban J connectivity index is 1.88. The van der Waals surface area contributed by atoms with Gasteiger partial charge < -0.3 is 61.5 Å². The number of hydrogen-bond acceptors (Lipinski definition) is 13. The number of fused-ring (bicyclic) bond motifs is 2. The van der Waals surface area contributed by atoms with Crippen LogP contribution in [-0.2, 0) is 60.7 Å². The number of ether oxygens (including phenoxy) is 1. The van der Waals surface area contributed by atoms with Crippen molar-refractivity contribution in [3.05, 3.63) is 59.7 Å².